The topological polar surface area (TPSA) is 86.5 Å². The van der Waals surface area contributed by atoms with Gasteiger partial charge in [-0.1, -0.05) is 38.5 Å². The van der Waals surface area contributed by atoms with E-state index in [4.69, 9.17) is 15.2 Å². The molecule has 1 amide bonds. The summed E-state index contributed by atoms with van der Waals surface area (Å²) in [5.74, 6) is 0.920. The summed E-state index contributed by atoms with van der Waals surface area (Å²) in [5, 5.41) is 4.62. The van der Waals surface area contributed by atoms with E-state index in [1.54, 1.807) is 20.3 Å². The minimum atomic E-state index is -0.478. The molecule has 1 atom stereocenters. The third-order valence-electron chi connectivity index (χ3n) is 5.33. The van der Waals surface area contributed by atoms with Crippen LogP contribution in [-0.2, 0) is 6.42 Å². The van der Waals surface area contributed by atoms with Gasteiger partial charge >= 0.3 is 0 Å². The fourth-order valence-corrected chi connectivity index (χ4v) is 3.76. The molecule has 0 spiro atoms. The number of aromatic nitrogens is 1. The van der Waals surface area contributed by atoms with E-state index in [1.165, 1.54) is 0 Å². The minimum absolute atomic E-state index is 0.0583. The van der Waals surface area contributed by atoms with Crippen molar-refractivity contribution in [3.63, 3.8) is 0 Å². The number of nitrogens with one attached hydrogen (secondary N) is 1. The number of fused-ring (bicyclic) bond motifs is 1. The second kappa shape index (κ2) is 9.48. The molecule has 0 fully saturated rings. The summed E-state index contributed by atoms with van der Waals surface area (Å²) in [7, 11) is 3.27. The van der Waals surface area contributed by atoms with Crippen LogP contribution >= 0.6 is 0 Å². The molecule has 1 heterocycles. The number of aryl methyl sites for hydroxylation is 1. The van der Waals surface area contributed by atoms with Crippen LogP contribution in [0.1, 0.15) is 54.2 Å². The quantitative estimate of drug-likeness (QED) is 0.529. The van der Waals surface area contributed by atoms with Gasteiger partial charge in [0.05, 0.1) is 31.3 Å². The number of amides is 1. The van der Waals surface area contributed by atoms with Gasteiger partial charge in [0.1, 0.15) is 0 Å². The Bertz CT molecular complexity index is 1050. The van der Waals surface area contributed by atoms with Gasteiger partial charge < -0.3 is 20.5 Å². The molecule has 1 aromatic heterocycles. The van der Waals surface area contributed by atoms with E-state index >= 15 is 0 Å². The first kappa shape index (κ1) is 21.4. The van der Waals surface area contributed by atoms with Crippen molar-refractivity contribution < 1.29 is 14.3 Å². The first-order chi connectivity index (χ1) is 14.5. The molecule has 0 bridgehead atoms. The van der Waals surface area contributed by atoms with E-state index < -0.39 is 5.91 Å². The first-order valence-electron chi connectivity index (χ1n) is 10.2. The van der Waals surface area contributed by atoms with Gasteiger partial charge in [0, 0.05) is 17.3 Å². The van der Waals surface area contributed by atoms with Crippen LogP contribution in [0, 0.1) is 0 Å². The van der Waals surface area contributed by atoms with Crippen LogP contribution in [0.2, 0.25) is 0 Å². The van der Waals surface area contributed by atoms with Crippen molar-refractivity contribution in [3.8, 4) is 11.5 Å². The number of rotatable bonds is 9. The normalized spacial score (nSPS) is 11.9. The Labute approximate surface area is 177 Å². The lowest BCUT2D eigenvalue weighted by Gasteiger charge is -2.24. The maximum Gasteiger partial charge on any atom is 0.250 e. The van der Waals surface area contributed by atoms with E-state index in [2.05, 4.69) is 30.2 Å². The summed E-state index contributed by atoms with van der Waals surface area (Å²) in [6.45, 7) is 4.25. The zero-order chi connectivity index (χ0) is 21.7. The Hall–Kier alpha value is -3.28. The van der Waals surface area contributed by atoms with Crippen molar-refractivity contribution in [3.05, 3.63) is 59.3 Å². The lowest BCUT2D eigenvalue weighted by molar-refractivity contribution is 0.100. The molecule has 0 aliphatic heterocycles. The van der Waals surface area contributed by atoms with Crippen LogP contribution in [0.5, 0.6) is 11.5 Å². The summed E-state index contributed by atoms with van der Waals surface area (Å²) in [6.07, 6.45) is 4.58. The van der Waals surface area contributed by atoms with Crippen molar-refractivity contribution >= 4 is 22.5 Å². The number of hydrogen-bond donors (Lipinski definition) is 2. The number of pyridine rings is 1. The highest BCUT2D eigenvalue weighted by Crippen LogP contribution is 2.36. The van der Waals surface area contributed by atoms with Crippen LogP contribution in [-0.4, -0.2) is 25.1 Å². The zero-order valence-electron chi connectivity index (χ0n) is 18.0. The number of nitrogens with two attached hydrogens (primary N) is 1. The van der Waals surface area contributed by atoms with E-state index in [-0.39, 0.29) is 6.04 Å². The van der Waals surface area contributed by atoms with Gasteiger partial charge in [-0.3, -0.25) is 9.78 Å². The van der Waals surface area contributed by atoms with Gasteiger partial charge in [-0.05, 0) is 42.2 Å². The van der Waals surface area contributed by atoms with Crippen LogP contribution in [0.4, 0.5) is 5.69 Å². The highest BCUT2D eigenvalue weighted by molar-refractivity contribution is 6.08. The number of hydrogen-bond acceptors (Lipinski definition) is 5. The molecular formula is C24H29N3O3. The molecule has 0 saturated heterocycles. The summed E-state index contributed by atoms with van der Waals surface area (Å²) >= 11 is 0. The van der Waals surface area contributed by atoms with Gasteiger partial charge in [0.15, 0.2) is 11.5 Å². The first-order valence-corrected chi connectivity index (χ1v) is 10.2. The fourth-order valence-electron chi connectivity index (χ4n) is 3.76. The van der Waals surface area contributed by atoms with E-state index in [0.29, 0.717) is 22.6 Å². The minimum Gasteiger partial charge on any atom is -0.493 e. The molecule has 0 aliphatic carbocycles. The number of nitrogens with zero attached hydrogens (tertiary/aromatic N) is 1. The lowest BCUT2D eigenvalue weighted by Crippen LogP contribution is -2.15. The molecule has 30 heavy (non-hydrogen) atoms. The number of methoxy groups -OCH3 is 2. The largest absolute Gasteiger partial charge is 0.493 e. The molecule has 3 N–H and O–H groups in total. The van der Waals surface area contributed by atoms with Crippen LogP contribution < -0.4 is 20.5 Å². The second-order valence-corrected chi connectivity index (χ2v) is 7.18. The van der Waals surface area contributed by atoms with Gasteiger partial charge in [-0.25, -0.2) is 0 Å². The van der Waals surface area contributed by atoms with Gasteiger partial charge in [-0.15, -0.1) is 0 Å². The zero-order valence-corrected chi connectivity index (χ0v) is 18.0. The molecule has 0 radical (unpaired) electrons. The second-order valence-electron chi connectivity index (χ2n) is 7.18. The summed E-state index contributed by atoms with van der Waals surface area (Å²) < 4.78 is 10.9. The highest BCUT2D eigenvalue weighted by Gasteiger charge is 2.18. The average molecular weight is 408 g/mol. The molecule has 3 rings (SSSR count). The third kappa shape index (κ3) is 4.17. The molecule has 2 aromatic carbocycles. The number of ether oxygens (including phenoxy) is 2. The molecule has 6 heteroatoms. The Morgan fingerprint density at radius 2 is 1.90 bits per heavy atom. The van der Waals surface area contributed by atoms with Gasteiger partial charge in [-0.2, -0.15) is 0 Å². The lowest BCUT2D eigenvalue weighted by atomic mass is 9.98. The Morgan fingerprint density at radius 1 is 1.13 bits per heavy atom. The van der Waals surface area contributed by atoms with Crippen LogP contribution in [0.3, 0.4) is 0 Å². The Morgan fingerprint density at radius 3 is 2.53 bits per heavy atom. The fraction of sp³-hybridized carbons (Fsp3) is 0.333. The number of primary amides is 1. The van der Waals surface area contributed by atoms with Crippen molar-refractivity contribution in [2.24, 2.45) is 5.73 Å². The van der Waals surface area contributed by atoms with Crippen LogP contribution in [0.25, 0.3) is 10.9 Å². The van der Waals surface area contributed by atoms with Crippen molar-refractivity contribution in [2.45, 2.75) is 39.2 Å². The summed E-state index contributed by atoms with van der Waals surface area (Å²) in [4.78, 5) is 16.4. The predicted octanol–water partition coefficient (Wildman–Crippen LogP) is 4.87. The molecule has 158 valence electrons. The maximum absolute atomic E-state index is 11.9. The van der Waals surface area contributed by atoms with Gasteiger partial charge in [0.2, 0.25) is 0 Å². The maximum atomic E-state index is 11.9. The van der Waals surface area contributed by atoms with E-state index in [9.17, 15) is 4.79 Å². The Balaban J connectivity index is 2.11. The molecule has 0 saturated carbocycles. The summed E-state index contributed by atoms with van der Waals surface area (Å²) in [6, 6.07) is 11.6. The summed E-state index contributed by atoms with van der Waals surface area (Å²) in [5.41, 5.74) is 9.80. The number of anilines is 1. The number of benzene rings is 2. The monoisotopic (exact) mass is 407 g/mol. The SMILES string of the molecule is CCC[C@@H](Nc1c(CC)cnc2c(C(N)=O)cccc12)c1ccc(OC)c(OC)c1. The molecular weight excluding hydrogens is 378 g/mol. The van der Waals surface area contributed by atoms with Crippen LogP contribution in [0.15, 0.2) is 42.6 Å². The number of para-hydroxylation sites is 1. The van der Waals surface area contributed by atoms with Crippen molar-refractivity contribution in [2.75, 3.05) is 19.5 Å². The standard InChI is InChI=1S/C24H29N3O3/c1-5-8-19(16-11-12-20(29-3)21(13-16)30-4)27-22-15(6-2)14-26-23-17(22)9-7-10-18(23)24(25)28/h7,9-14,19H,5-6,8H2,1-4H3,(H2,25,28)(H,26,27)/t19-/m1/s1. The molecule has 0 aliphatic rings. The molecule has 6 nitrogen and oxygen atoms in total. The number of carbonyl (C=O) groups excluding carboxylic acids is 1. The van der Waals surface area contributed by atoms with Crippen molar-refractivity contribution in [1.29, 1.82) is 0 Å². The van der Waals surface area contributed by atoms with Crippen molar-refractivity contribution in [1.82, 2.24) is 4.98 Å². The predicted molar refractivity (Wildman–Crippen MR) is 120 cm³/mol. The highest BCUT2D eigenvalue weighted by atomic mass is 16.5. The molecule has 3 aromatic rings. The Kier molecular flexibility index (Phi) is 6.77. The number of carbonyl (C=O) groups is 1. The smallest absolute Gasteiger partial charge is 0.250 e. The molecule has 0 unspecified atom stereocenters. The third-order valence-corrected chi connectivity index (χ3v) is 5.33. The van der Waals surface area contributed by atoms with E-state index in [1.807, 2.05) is 30.5 Å². The van der Waals surface area contributed by atoms with E-state index in [0.717, 1.165) is 41.5 Å². The van der Waals surface area contributed by atoms with Gasteiger partial charge in [0.25, 0.3) is 5.91 Å². The average Bonchev–Trinajstić information content (AvgIpc) is 2.77.